The van der Waals surface area contributed by atoms with Crippen molar-refractivity contribution in [2.24, 2.45) is 0 Å². The molecule has 0 N–H and O–H groups in total. The lowest BCUT2D eigenvalue weighted by molar-refractivity contribution is -0.0623. The molecule has 10 heteroatoms. The van der Waals surface area contributed by atoms with Crippen LogP contribution in [0.15, 0.2) is 12.1 Å². The number of pyridine rings is 1. The predicted molar refractivity (Wildman–Crippen MR) is 114 cm³/mol. The van der Waals surface area contributed by atoms with Gasteiger partial charge in [-0.05, 0) is 73.9 Å². The minimum absolute atomic E-state index is 0.0995. The Bertz CT molecular complexity index is 865. The molecule has 176 valence electrons. The molecule has 0 unspecified atom stereocenters. The first kappa shape index (κ1) is 25.7. The highest BCUT2D eigenvalue weighted by Gasteiger charge is 2.46. The van der Waals surface area contributed by atoms with Crippen LogP contribution in [-0.2, 0) is 30.8 Å². The number of rotatable bonds is 3. The summed E-state index contributed by atoms with van der Waals surface area (Å²) in [5.41, 5.74) is -3.14. The fourth-order valence-electron chi connectivity index (χ4n) is 2.94. The molecule has 0 saturated heterocycles. The first-order chi connectivity index (χ1) is 13.7. The molecule has 0 atom stereocenters. The molecule has 1 aliphatic rings. The number of hydrogen-bond acceptors (Lipinski definition) is 6. The SMILES string of the molecule is CC(C)(C)OC(=O)N1Cc2ccc(P(=O)(OC(C)(C)C)OC(C)(C)C)nc2C(F)(F)C1. The van der Waals surface area contributed by atoms with Gasteiger partial charge in [-0.25, -0.2) is 9.78 Å². The summed E-state index contributed by atoms with van der Waals surface area (Å²) in [6.07, 6.45) is -0.834. The first-order valence-corrected chi connectivity index (χ1v) is 11.6. The van der Waals surface area contributed by atoms with Crippen molar-refractivity contribution in [3.8, 4) is 0 Å². The van der Waals surface area contributed by atoms with Crippen LogP contribution < -0.4 is 5.44 Å². The van der Waals surface area contributed by atoms with Crippen molar-refractivity contribution in [2.75, 3.05) is 6.54 Å². The average molecular weight is 462 g/mol. The standard InChI is InChI=1S/C21H33F2N2O5P/c1-18(2,3)28-17(26)25-12-14-10-11-15(24-16(14)21(22,23)13-25)31(27,29-19(4,5)6)30-20(7,8)9/h10-11H,12-13H2,1-9H3. The normalized spacial score (nSPS) is 17.3. The molecule has 2 heterocycles. The lowest BCUT2D eigenvalue weighted by Crippen LogP contribution is -2.47. The van der Waals surface area contributed by atoms with E-state index >= 15 is 8.78 Å². The minimum atomic E-state index is -4.03. The maximum absolute atomic E-state index is 15.0. The van der Waals surface area contributed by atoms with Gasteiger partial charge in [0.1, 0.15) is 11.3 Å². The Morgan fingerprint density at radius 2 is 1.52 bits per heavy atom. The average Bonchev–Trinajstić information content (AvgIpc) is 2.48. The van der Waals surface area contributed by atoms with Crippen molar-refractivity contribution < 1.29 is 31.9 Å². The Morgan fingerprint density at radius 1 is 1.00 bits per heavy atom. The summed E-state index contributed by atoms with van der Waals surface area (Å²) in [5, 5.41) is 0. The van der Waals surface area contributed by atoms with E-state index in [0.717, 1.165) is 4.90 Å². The number of alkyl halides is 2. The lowest BCUT2D eigenvalue weighted by Gasteiger charge is -2.36. The van der Waals surface area contributed by atoms with Gasteiger partial charge in [0.15, 0.2) is 5.44 Å². The van der Waals surface area contributed by atoms with Crippen LogP contribution in [0.2, 0.25) is 0 Å². The van der Waals surface area contributed by atoms with Crippen molar-refractivity contribution >= 4 is 19.1 Å². The number of carbonyl (C=O) groups excluding carboxylic acids is 1. The number of hydrogen-bond donors (Lipinski definition) is 0. The van der Waals surface area contributed by atoms with Crippen LogP contribution in [0.4, 0.5) is 13.6 Å². The third kappa shape index (κ3) is 6.96. The topological polar surface area (TPSA) is 78.0 Å². The summed E-state index contributed by atoms with van der Waals surface area (Å²) < 4.78 is 60.3. The van der Waals surface area contributed by atoms with Gasteiger partial charge in [0.2, 0.25) is 0 Å². The van der Waals surface area contributed by atoms with Gasteiger partial charge in [-0.1, -0.05) is 6.07 Å². The Hall–Kier alpha value is -1.57. The Labute approximate surface area is 183 Å². The number of carbonyl (C=O) groups is 1. The zero-order valence-electron chi connectivity index (χ0n) is 19.7. The van der Waals surface area contributed by atoms with Gasteiger partial charge in [0.05, 0.1) is 24.3 Å². The van der Waals surface area contributed by atoms with Crippen molar-refractivity contribution in [1.29, 1.82) is 0 Å². The summed E-state index contributed by atoms with van der Waals surface area (Å²) in [6, 6.07) is 2.73. The summed E-state index contributed by atoms with van der Waals surface area (Å²) >= 11 is 0. The molecule has 1 aliphatic heterocycles. The predicted octanol–water partition coefficient (Wildman–Crippen LogP) is 5.37. The molecule has 31 heavy (non-hydrogen) atoms. The van der Waals surface area contributed by atoms with Crippen LogP contribution in [0.3, 0.4) is 0 Å². The smallest absolute Gasteiger partial charge is 0.410 e. The van der Waals surface area contributed by atoms with E-state index in [4.69, 9.17) is 13.8 Å². The monoisotopic (exact) mass is 462 g/mol. The molecule has 2 rings (SSSR count). The Morgan fingerprint density at radius 3 is 1.97 bits per heavy atom. The molecule has 1 aromatic heterocycles. The summed E-state index contributed by atoms with van der Waals surface area (Å²) in [6.45, 7) is 14.1. The highest BCUT2D eigenvalue weighted by Crippen LogP contribution is 2.53. The second kappa shape index (κ2) is 8.09. The molecule has 0 aliphatic carbocycles. The molecule has 1 aromatic rings. The third-order valence-electron chi connectivity index (χ3n) is 3.78. The first-order valence-electron chi connectivity index (χ1n) is 10.1. The van der Waals surface area contributed by atoms with E-state index < -0.39 is 48.7 Å². The van der Waals surface area contributed by atoms with E-state index in [1.54, 1.807) is 62.3 Å². The zero-order chi connectivity index (χ0) is 24.0. The molecule has 0 aromatic carbocycles. The number of ether oxygens (including phenoxy) is 1. The van der Waals surface area contributed by atoms with Crippen molar-refractivity contribution in [3.63, 3.8) is 0 Å². The molecule has 0 spiro atoms. The van der Waals surface area contributed by atoms with Gasteiger partial charge in [-0.2, -0.15) is 8.78 Å². The van der Waals surface area contributed by atoms with Crippen LogP contribution >= 0.6 is 7.60 Å². The number of aromatic nitrogens is 1. The number of halogens is 2. The highest BCUT2D eigenvalue weighted by atomic mass is 31.2. The molecule has 1 amide bonds. The fraction of sp³-hybridized carbons (Fsp3) is 0.714. The second-order valence-electron chi connectivity index (χ2n) is 10.6. The molecule has 0 bridgehead atoms. The molecular formula is C21H33F2N2O5P. The van der Waals surface area contributed by atoms with Crippen molar-refractivity contribution in [1.82, 2.24) is 9.88 Å². The van der Waals surface area contributed by atoms with Crippen LogP contribution in [0.25, 0.3) is 0 Å². The van der Waals surface area contributed by atoms with Gasteiger partial charge in [-0.15, -0.1) is 0 Å². The lowest BCUT2D eigenvalue weighted by atomic mass is 10.0. The molecular weight excluding hydrogens is 429 g/mol. The van der Waals surface area contributed by atoms with E-state index in [-0.39, 0.29) is 17.5 Å². The van der Waals surface area contributed by atoms with E-state index in [1.165, 1.54) is 12.1 Å². The summed E-state index contributed by atoms with van der Waals surface area (Å²) in [7, 11) is -4.03. The number of nitrogens with zero attached hydrogens (tertiary/aromatic N) is 2. The molecule has 0 saturated carbocycles. The maximum Gasteiger partial charge on any atom is 0.410 e. The van der Waals surface area contributed by atoms with E-state index in [9.17, 15) is 9.36 Å². The summed E-state index contributed by atoms with van der Waals surface area (Å²) in [5.74, 6) is -3.46. The van der Waals surface area contributed by atoms with Gasteiger partial charge in [0.25, 0.3) is 0 Å². The van der Waals surface area contributed by atoms with E-state index in [1.807, 2.05) is 0 Å². The largest absolute Gasteiger partial charge is 0.444 e. The van der Waals surface area contributed by atoms with E-state index in [2.05, 4.69) is 4.98 Å². The Kier molecular flexibility index (Phi) is 6.70. The zero-order valence-corrected chi connectivity index (χ0v) is 20.6. The minimum Gasteiger partial charge on any atom is -0.444 e. The second-order valence-corrected chi connectivity index (χ2v) is 12.4. The van der Waals surface area contributed by atoms with Gasteiger partial charge >= 0.3 is 19.6 Å². The van der Waals surface area contributed by atoms with Crippen molar-refractivity contribution in [2.45, 2.75) is 91.6 Å². The van der Waals surface area contributed by atoms with Gasteiger partial charge in [-0.3, -0.25) is 18.5 Å². The van der Waals surface area contributed by atoms with Crippen LogP contribution in [0.5, 0.6) is 0 Å². The van der Waals surface area contributed by atoms with Crippen LogP contribution in [0, 0.1) is 0 Å². The van der Waals surface area contributed by atoms with Crippen molar-refractivity contribution in [3.05, 3.63) is 23.4 Å². The summed E-state index contributed by atoms with van der Waals surface area (Å²) in [4.78, 5) is 17.3. The van der Waals surface area contributed by atoms with Gasteiger partial charge in [0, 0.05) is 0 Å². The third-order valence-corrected chi connectivity index (χ3v) is 6.17. The van der Waals surface area contributed by atoms with Crippen LogP contribution in [-0.4, -0.2) is 39.3 Å². The van der Waals surface area contributed by atoms with E-state index in [0.29, 0.717) is 0 Å². The van der Waals surface area contributed by atoms with Crippen LogP contribution in [0.1, 0.15) is 73.6 Å². The maximum atomic E-state index is 15.0. The molecule has 0 fully saturated rings. The van der Waals surface area contributed by atoms with Gasteiger partial charge < -0.3 is 4.74 Å². The number of fused-ring (bicyclic) bond motifs is 1. The Balaban J connectivity index is 2.46. The fourth-order valence-corrected chi connectivity index (χ4v) is 5.09. The quantitative estimate of drug-likeness (QED) is 0.562. The molecule has 7 nitrogen and oxygen atoms in total. The number of amides is 1. The highest BCUT2D eigenvalue weighted by molar-refractivity contribution is 7.62. The molecule has 0 radical (unpaired) electrons.